The predicted molar refractivity (Wildman–Crippen MR) is 91.0 cm³/mol. The maximum absolute atomic E-state index is 5.87. The zero-order valence-electron chi connectivity index (χ0n) is 11.0. The number of aryl methyl sites for hydroxylation is 1. The van der Waals surface area contributed by atoms with Gasteiger partial charge in [0.25, 0.3) is 0 Å². The van der Waals surface area contributed by atoms with E-state index >= 15 is 0 Å². The van der Waals surface area contributed by atoms with Crippen LogP contribution in [0, 0.1) is 6.92 Å². The molecule has 1 N–H and O–H groups in total. The highest BCUT2D eigenvalue weighted by atomic mass is 79.9. The number of hydrogen-bond acceptors (Lipinski definition) is 5. The van der Waals surface area contributed by atoms with Crippen LogP contribution in [-0.2, 0) is 0 Å². The predicted octanol–water partition coefficient (Wildman–Crippen LogP) is 3.96. The van der Waals surface area contributed by atoms with Gasteiger partial charge in [-0.05, 0) is 40.9 Å². The molecule has 0 atom stereocenters. The number of thioether (sulfide) groups is 1. The van der Waals surface area contributed by atoms with Gasteiger partial charge in [-0.15, -0.1) is 0 Å². The smallest absolute Gasteiger partial charge is 0.224 e. The van der Waals surface area contributed by atoms with Crippen LogP contribution in [0.4, 0.5) is 5.82 Å². The van der Waals surface area contributed by atoms with Gasteiger partial charge in [0.15, 0.2) is 10.1 Å². The first-order valence-electron chi connectivity index (χ1n) is 5.82. The van der Waals surface area contributed by atoms with Crippen molar-refractivity contribution in [3.63, 3.8) is 0 Å². The maximum Gasteiger partial charge on any atom is 0.224 e. The van der Waals surface area contributed by atoms with Gasteiger partial charge in [0.2, 0.25) is 5.28 Å². The van der Waals surface area contributed by atoms with Crippen LogP contribution in [0.15, 0.2) is 4.47 Å². The molecule has 4 nitrogen and oxygen atoms in total. The summed E-state index contributed by atoms with van der Waals surface area (Å²) in [4.78, 5) is 8.26. The Morgan fingerprint density at radius 1 is 1.53 bits per heavy atom. The summed E-state index contributed by atoms with van der Waals surface area (Å²) in [5.74, 6) is 1.68. The van der Waals surface area contributed by atoms with Gasteiger partial charge in [-0.25, -0.2) is 4.98 Å². The van der Waals surface area contributed by atoms with Crippen molar-refractivity contribution in [3.8, 4) is 0 Å². The highest BCUT2D eigenvalue weighted by Crippen LogP contribution is 2.26. The number of unbranched alkanes of at least 4 members (excludes halogenated alkanes) is 1. The number of hydrazine groups is 1. The minimum atomic E-state index is 0.217. The lowest BCUT2D eigenvalue weighted by molar-refractivity contribution is 0.858. The number of halogens is 2. The van der Waals surface area contributed by atoms with Crippen LogP contribution in [-0.4, -0.2) is 27.1 Å². The molecule has 1 aromatic rings. The summed E-state index contributed by atoms with van der Waals surface area (Å²) >= 11 is 16.2. The van der Waals surface area contributed by atoms with Crippen molar-refractivity contribution in [2.45, 2.75) is 26.7 Å². The molecular weight excluding hydrogens is 368 g/mol. The lowest BCUT2D eigenvalue weighted by Gasteiger charge is -2.22. The molecule has 1 rings (SSSR count). The van der Waals surface area contributed by atoms with E-state index in [0.29, 0.717) is 5.82 Å². The normalized spacial score (nSPS) is 10.4. The van der Waals surface area contributed by atoms with E-state index in [0.717, 1.165) is 33.1 Å². The molecule has 0 saturated carbocycles. The minimum absolute atomic E-state index is 0.217. The fourth-order valence-electron chi connectivity index (χ4n) is 1.26. The van der Waals surface area contributed by atoms with E-state index in [1.165, 1.54) is 0 Å². The summed E-state index contributed by atoms with van der Waals surface area (Å²) in [7, 11) is 1.84. The molecule has 0 aliphatic heterocycles. The first kappa shape index (κ1) is 16.9. The summed E-state index contributed by atoms with van der Waals surface area (Å²) in [6, 6.07) is 0. The SMILES string of the molecule is CCCCSC(=S)NN(C)c1nc(Cl)nc(C)c1Br. The number of rotatable bonds is 5. The molecule has 0 spiro atoms. The summed E-state index contributed by atoms with van der Waals surface area (Å²) in [6.07, 6.45) is 2.32. The van der Waals surface area contributed by atoms with Crippen LogP contribution >= 0.6 is 51.5 Å². The van der Waals surface area contributed by atoms with E-state index in [4.69, 9.17) is 23.8 Å². The fraction of sp³-hybridized carbons (Fsp3) is 0.545. The molecule has 0 saturated heterocycles. The van der Waals surface area contributed by atoms with Crippen molar-refractivity contribution in [1.29, 1.82) is 0 Å². The van der Waals surface area contributed by atoms with E-state index < -0.39 is 0 Å². The van der Waals surface area contributed by atoms with Crippen molar-refractivity contribution < 1.29 is 0 Å². The average molecular weight is 384 g/mol. The first-order chi connectivity index (χ1) is 8.95. The molecule has 1 heterocycles. The minimum Gasteiger partial charge on any atom is -0.281 e. The molecule has 1 aromatic heterocycles. The second-order valence-corrected chi connectivity index (χ2v) is 6.78. The van der Waals surface area contributed by atoms with Crippen LogP contribution in [0.25, 0.3) is 0 Å². The molecule has 0 amide bonds. The number of hydrogen-bond donors (Lipinski definition) is 1. The Balaban J connectivity index is 2.68. The number of nitrogens with one attached hydrogen (secondary N) is 1. The van der Waals surface area contributed by atoms with Crippen LogP contribution < -0.4 is 10.4 Å². The Hall–Kier alpha value is -0.110. The largest absolute Gasteiger partial charge is 0.281 e. The van der Waals surface area contributed by atoms with E-state index in [1.807, 2.05) is 14.0 Å². The van der Waals surface area contributed by atoms with Crippen molar-refractivity contribution in [2.24, 2.45) is 0 Å². The molecule has 0 fully saturated rings. The lowest BCUT2D eigenvalue weighted by Crippen LogP contribution is -2.38. The van der Waals surface area contributed by atoms with Crippen LogP contribution in [0.2, 0.25) is 5.28 Å². The fourth-order valence-corrected chi connectivity index (χ4v) is 3.12. The molecule has 0 aromatic carbocycles. The quantitative estimate of drug-likeness (QED) is 0.359. The molecule has 0 aliphatic rings. The van der Waals surface area contributed by atoms with Gasteiger partial charge < -0.3 is 0 Å². The highest BCUT2D eigenvalue weighted by Gasteiger charge is 2.13. The Labute approximate surface area is 136 Å². The third-order valence-electron chi connectivity index (χ3n) is 2.28. The number of anilines is 1. The van der Waals surface area contributed by atoms with E-state index in [-0.39, 0.29) is 5.28 Å². The molecule has 0 radical (unpaired) electrons. The Morgan fingerprint density at radius 2 is 2.21 bits per heavy atom. The Morgan fingerprint density at radius 3 is 2.84 bits per heavy atom. The molecule has 106 valence electrons. The standard InChI is InChI=1S/C11H16BrClN4S2/c1-4-5-6-19-11(18)16-17(3)9-8(12)7(2)14-10(13)15-9/h4-6H2,1-3H3,(H,16,18). The van der Waals surface area contributed by atoms with Gasteiger partial charge in [-0.3, -0.25) is 10.4 Å². The van der Waals surface area contributed by atoms with Crippen molar-refractivity contribution in [2.75, 3.05) is 17.8 Å². The topological polar surface area (TPSA) is 41.0 Å². The Kier molecular flexibility index (Phi) is 7.35. The summed E-state index contributed by atoms with van der Waals surface area (Å²) < 4.78 is 1.52. The first-order valence-corrected chi connectivity index (χ1v) is 8.39. The number of nitrogens with zero attached hydrogens (tertiary/aromatic N) is 3. The van der Waals surface area contributed by atoms with Crippen molar-refractivity contribution >= 4 is 61.6 Å². The van der Waals surface area contributed by atoms with Gasteiger partial charge in [0.1, 0.15) is 0 Å². The monoisotopic (exact) mass is 382 g/mol. The molecule has 0 aliphatic carbocycles. The van der Waals surface area contributed by atoms with Crippen molar-refractivity contribution in [3.05, 3.63) is 15.5 Å². The van der Waals surface area contributed by atoms with E-state index in [2.05, 4.69) is 38.2 Å². The van der Waals surface area contributed by atoms with E-state index in [1.54, 1.807) is 16.8 Å². The van der Waals surface area contributed by atoms with Crippen LogP contribution in [0.3, 0.4) is 0 Å². The van der Waals surface area contributed by atoms with Gasteiger partial charge in [0, 0.05) is 12.8 Å². The molecule has 0 bridgehead atoms. The molecular formula is C11H16BrClN4S2. The summed E-state index contributed by atoms with van der Waals surface area (Å²) in [5, 5.41) is 1.96. The molecule has 0 unspecified atom stereocenters. The van der Waals surface area contributed by atoms with Crippen LogP contribution in [0.1, 0.15) is 25.5 Å². The van der Waals surface area contributed by atoms with Gasteiger partial charge in [-0.1, -0.05) is 37.3 Å². The average Bonchev–Trinajstić information content (AvgIpc) is 2.33. The number of aromatic nitrogens is 2. The Bertz CT molecular complexity index is 459. The molecule has 19 heavy (non-hydrogen) atoms. The van der Waals surface area contributed by atoms with Crippen LogP contribution in [0.5, 0.6) is 0 Å². The molecule has 8 heteroatoms. The van der Waals surface area contributed by atoms with E-state index in [9.17, 15) is 0 Å². The van der Waals surface area contributed by atoms with Crippen molar-refractivity contribution in [1.82, 2.24) is 15.4 Å². The summed E-state index contributed by atoms with van der Waals surface area (Å²) in [5.41, 5.74) is 3.88. The number of thiocarbonyl (C=S) groups is 1. The van der Waals surface area contributed by atoms with Gasteiger partial charge >= 0.3 is 0 Å². The zero-order chi connectivity index (χ0) is 14.4. The highest BCUT2D eigenvalue weighted by molar-refractivity contribution is 9.10. The van der Waals surface area contributed by atoms with Gasteiger partial charge in [-0.2, -0.15) is 4.98 Å². The zero-order valence-corrected chi connectivity index (χ0v) is 15.0. The van der Waals surface area contributed by atoms with Gasteiger partial charge in [0.05, 0.1) is 10.2 Å². The lowest BCUT2D eigenvalue weighted by atomic mass is 10.4. The summed E-state index contributed by atoms with van der Waals surface area (Å²) in [6.45, 7) is 4.02. The second kappa shape index (κ2) is 8.24. The third kappa shape index (κ3) is 5.41. The third-order valence-corrected chi connectivity index (χ3v) is 4.67. The second-order valence-electron chi connectivity index (χ2n) is 3.88. The maximum atomic E-state index is 5.87.